The van der Waals surface area contributed by atoms with Gasteiger partial charge in [0.15, 0.2) is 0 Å². The maximum Gasteiger partial charge on any atom is 0.238 e. The van der Waals surface area contributed by atoms with E-state index in [0.29, 0.717) is 18.4 Å². The second-order valence-electron chi connectivity index (χ2n) is 7.31. The van der Waals surface area contributed by atoms with Crippen molar-refractivity contribution in [3.05, 3.63) is 29.8 Å². The molecule has 1 N–H and O–H groups in total. The van der Waals surface area contributed by atoms with Crippen LogP contribution in [0.2, 0.25) is 0 Å². The molecule has 1 aliphatic heterocycles. The van der Waals surface area contributed by atoms with Gasteiger partial charge in [-0.05, 0) is 62.8 Å². The highest BCUT2D eigenvalue weighted by atomic mass is 16.5. The summed E-state index contributed by atoms with van der Waals surface area (Å²) in [4.78, 5) is 14.1. The zero-order chi connectivity index (χ0) is 19.9. The Hall–Kier alpha value is -3.01. The minimum Gasteiger partial charge on any atom is -0.490 e. The number of carbonyl (C=O) groups excluding carboxylic acids is 1. The molecular weight excluding hydrogens is 352 g/mol. The number of ether oxygens (including phenoxy) is 1. The van der Waals surface area contributed by atoms with E-state index >= 15 is 0 Å². The van der Waals surface area contributed by atoms with Crippen molar-refractivity contribution >= 4 is 5.91 Å². The lowest BCUT2D eigenvalue weighted by molar-refractivity contribution is -0.131. The molecule has 144 valence electrons. The van der Waals surface area contributed by atoms with Gasteiger partial charge >= 0.3 is 0 Å². The lowest BCUT2D eigenvalue weighted by atomic mass is 9.93. The van der Waals surface area contributed by atoms with Crippen LogP contribution in [0.3, 0.4) is 0 Å². The molecule has 1 saturated carbocycles. The van der Waals surface area contributed by atoms with Crippen molar-refractivity contribution in [2.24, 2.45) is 0 Å². The minimum atomic E-state index is -0.410. The van der Waals surface area contributed by atoms with Crippen molar-refractivity contribution < 1.29 is 9.53 Å². The van der Waals surface area contributed by atoms with Crippen LogP contribution in [0.15, 0.2) is 24.3 Å². The van der Waals surface area contributed by atoms with Crippen LogP contribution >= 0.6 is 0 Å². The van der Waals surface area contributed by atoms with Crippen molar-refractivity contribution in [2.75, 3.05) is 6.54 Å². The Morgan fingerprint density at radius 3 is 2.39 bits per heavy atom. The molecule has 2 aliphatic rings. The number of amides is 1. The number of hydrogen-bond acceptors (Lipinski definition) is 5. The van der Waals surface area contributed by atoms with Crippen LogP contribution in [0.25, 0.3) is 0 Å². The van der Waals surface area contributed by atoms with E-state index in [-0.39, 0.29) is 30.6 Å². The molecule has 1 aromatic rings. The molecule has 3 rings (SSSR count). The molecule has 0 unspecified atom stereocenters. The number of benzene rings is 1. The van der Waals surface area contributed by atoms with E-state index in [0.717, 1.165) is 31.4 Å². The number of likely N-dealkylation sites (tertiary alicyclic amines) is 1. The first-order valence-corrected chi connectivity index (χ1v) is 9.71. The van der Waals surface area contributed by atoms with Crippen molar-refractivity contribution in [2.45, 2.75) is 62.8 Å². The van der Waals surface area contributed by atoms with Gasteiger partial charge in [0.05, 0.1) is 36.4 Å². The summed E-state index contributed by atoms with van der Waals surface area (Å²) < 4.78 is 6.00. The molecule has 0 bridgehead atoms. The van der Waals surface area contributed by atoms with E-state index in [4.69, 9.17) is 16.4 Å². The van der Waals surface area contributed by atoms with Gasteiger partial charge in [-0.3, -0.25) is 4.79 Å². The molecule has 0 aromatic heterocycles. The number of rotatable bonds is 5. The predicted octanol–water partition coefficient (Wildman–Crippen LogP) is 2.35. The highest BCUT2D eigenvalue weighted by Gasteiger charge is 2.36. The molecular formula is C22H24N4O2. The molecule has 0 radical (unpaired) electrons. The third kappa shape index (κ3) is 4.63. The van der Waals surface area contributed by atoms with Crippen molar-refractivity contribution in [1.29, 1.82) is 10.5 Å². The second-order valence-corrected chi connectivity index (χ2v) is 7.31. The Kier molecular flexibility index (Phi) is 6.53. The Morgan fingerprint density at radius 2 is 1.79 bits per heavy atom. The lowest BCUT2D eigenvalue weighted by Gasteiger charge is -2.30. The van der Waals surface area contributed by atoms with Gasteiger partial charge in [0.1, 0.15) is 11.8 Å². The lowest BCUT2D eigenvalue weighted by Crippen LogP contribution is -2.47. The quantitative estimate of drug-likeness (QED) is 0.797. The molecule has 1 heterocycles. The van der Waals surface area contributed by atoms with Gasteiger partial charge in [-0.15, -0.1) is 6.42 Å². The summed E-state index contributed by atoms with van der Waals surface area (Å²) in [5.74, 6) is 3.31. The summed E-state index contributed by atoms with van der Waals surface area (Å²) >= 11 is 0. The third-order valence-corrected chi connectivity index (χ3v) is 5.52. The van der Waals surface area contributed by atoms with Gasteiger partial charge in [-0.1, -0.05) is 5.92 Å². The summed E-state index contributed by atoms with van der Waals surface area (Å²) in [6, 6.07) is 11.0. The van der Waals surface area contributed by atoms with E-state index in [1.165, 1.54) is 0 Å². The topological polar surface area (TPSA) is 89.2 Å². The number of carbonyl (C=O) groups is 1. The Morgan fingerprint density at radius 1 is 1.11 bits per heavy atom. The van der Waals surface area contributed by atoms with Gasteiger partial charge in [-0.25, -0.2) is 0 Å². The molecule has 28 heavy (non-hydrogen) atoms. The zero-order valence-electron chi connectivity index (χ0n) is 15.8. The highest BCUT2D eigenvalue weighted by Crippen LogP contribution is 2.25. The maximum absolute atomic E-state index is 12.6. The van der Waals surface area contributed by atoms with E-state index in [2.05, 4.69) is 23.4 Å². The average molecular weight is 376 g/mol. The highest BCUT2D eigenvalue weighted by molar-refractivity contribution is 5.80. The van der Waals surface area contributed by atoms with E-state index < -0.39 is 6.04 Å². The number of nitrogens with zero attached hydrogens (tertiary/aromatic N) is 3. The van der Waals surface area contributed by atoms with Gasteiger partial charge in [0.25, 0.3) is 0 Å². The summed E-state index contributed by atoms with van der Waals surface area (Å²) in [7, 11) is 0. The molecule has 2 fully saturated rings. The normalized spacial score (nSPS) is 26.7. The minimum absolute atomic E-state index is 0.0945. The number of terminal acetylenes is 1. The number of nitriles is 2. The van der Waals surface area contributed by atoms with Crippen LogP contribution in [0.1, 0.15) is 44.1 Å². The molecule has 6 heteroatoms. The van der Waals surface area contributed by atoms with Gasteiger partial charge in [-0.2, -0.15) is 10.5 Å². The molecule has 1 saturated heterocycles. The maximum atomic E-state index is 12.6. The van der Waals surface area contributed by atoms with Crippen molar-refractivity contribution in [1.82, 2.24) is 10.2 Å². The molecule has 1 amide bonds. The first kappa shape index (κ1) is 19.7. The predicted molar refractivity (Wildman–Crippen MR) is 104 cm³/mol. The van der Waals surface area contributed by atoms with Gasteiger partial charge in [0.2, 0.25) is 5.91 Å². The van der Waals surface area contributed by atoms with E-state index in [1.807, 2.05) is 12.1 Å². The summed E-state index contributed by atoms with van der Waals surface area (Å²) in [6.45, 7) is 0.210. The summed E-state index contributed by atoms with van der Waals surface area (Å²) in [5, 5.41) is 21.4. The SMILES string of the molecule is C#C[C@H]1CC[C@@H](C#N)N1C(=O)CNC1CCC(Oc2ccc(C#N)cc2)CC1. The van der Waals surface area contributed by atoms with Crippen LogP contribution in [0.5, 0.6) is 5.75 Å². The Labute approximate surface area is 166 Å². The second kappa shape index (κ2) is 9.27. The number of hydrogen-bond donors (Lipinski definition) is 1. The summed E-state index contributed by atoms with van der Waals surface area (Å²) in [6.07, 6.45) is 10.7. The third-order valence-electron chi connectivity index (χ3n) is 5.52. The fourth-order valence-electron chi connectivity index (χ4n) is 3.96. The molecule has 1 aliphatic carbocycles. The summed E-state index contributed by atoms with van der Waals surface area (Å²) in [5.41, 5.74) is 0.619. The van der Waals surface area contributed by atoms with Crippen molar-refractivity contribution in [3.8, 4) is 30.2 Å². The zero-order valence-corrected chi connectivity index (χ0v) is 15.8. The van der Waals surface area contributed by atoms with Gasteiger partial charge in [0, 0.05) is 6.04 Å². The van der Waals surface area contributed by atoms with Crippen LogP contribution in [-0.2, 0) is 4.79 Å². The first-order chi connectivity index (χ1) is 13.6. The number of nitrogens with one attached hydrogen (secondary N) is 1. The van der Waals surface area contributed by atoms with E-state index in [9.17, 15) is 10.1 Å². The Balaban J connectivity index is 1.43. The fourth-order valence-corrected chi connectivity index (χ4v) is 3.96. The molecule has 1 aromatic carbocycles. The largest absolute Gasteiger partial charge is 0.490 e. The van der Waals surface area contributed by atoms with Crippen LogP contribution < -0.4 is 10.1 Å². The smallest absolute Gasteiger partial charge is 0.238 e. The Bertz CT molecular complexity index is 785. The van der Waals surface area contributed by atoms with Crippen molar-refractivity contribution in [3.63, 3.8) is 0 Å². The van der Waals surface area contributed by atoms with Crippen LogP contribution in [-0.4, -0.2) is 41.6 Å². The molecule has 0 spiro atoms. The first-order valence-electron chi connectivity index (χ1n) is 9.71. The van der Waals surface area contributed by atoms with Crippen LogP contribution in [0.4, 0.5) is 0 Å². The van der Waals surface area contributed by atoms with Gasteiger partial charge < -0.3 is 15.0 Å². The standard InChI is InChI=1S/C22H24N4O2/c1-2-18-7-8-19(14-24)26(18)22(27)15-25-17-5-11-21(12-6-17)28-20-9-3-16(13-23)4-10-20/h1,3-4,9-10,17-19,21,25H,5-8,11-12,15H2/t17?,18-,19-,21?/m0/s1. The van der Waals surface area contributed by atoms with E-state index in [1.54, 1.807) is 17.0 Å². The fraction of sp³-hybridized carbons (Fsp3) is 0.500. The monoisotopic (exact) mass is 376 g/mol. The molecule has 2 atom stereocenters. The molecule has 6 nitrogen and oxygen atoms in total. The van der Waals surface area contributed by atoms with Crippen LogP contribution in [0, 0.1) is 35.0 Å². The average Bonchev–Trinajstić information content (AvgIpc) is 3.17.